The van der Waals surface area contributed by atoms with E-state index in [0.29, 0.717) is 29.0 Å². The first kappa shape index (κ1) is 20.6. The SMILES string of the molecule is COc1cc(C2CC(=O)Nc3c2c(C)nn3-c2nc(C)cc(C)n2)cc(OC)c1OC. The number of rotatable bonds is 5. The standard InChI is InChI=1S/C22H25N5O4/c1-11-7-12(2)24-22(23-11)27-21-19(13(3)26-27)15(10-18(28)25-21)14-8-16(29-4)20(31-6)17(9-14)30-5/h7-9,15H,10H2,1-6H3,(H,25,28). The monoisotopic (exact) mass is 423 g/mol. The van der Waals surface area contributed by atoms with Gasteiger partial charge in [0.1, 0.15) is 5.82 Å². The van der Waals surface area contributed by atoms with Crippen LogP contribution in [-0.4, -0.2) is 47.0 Å². The molecule has 1 N–H and O–H groups in total. The van der Waals surface area contributed by atoms with Crippen molar-refractivity contribution >= 4 is 11.7 Å². The summed E-state index contributed by atoms with van der Waals surface area (Å²) in [4.78, 5) is 21.7. The molecule has 1 atom stereocenters. The van der Waals surface area contributed by atoms with Crippen molar-refractivity contribution in [2.24, 2.45) is 0 Å². The van der Waals surface area contributed by atoms with Gasteiger partial charge in [0.25, 0.3) is 5.95 Å². The molecule has 1 aliphatic rings. The summed E-state index contributed by atoms with van der Waals surface area (Å²) in [5.74, 6) is 2.23. The first-order chi connectivity index (χ1) is 14.9. The molecule has 2 aromatic heterocycles. The molecule has 3 heterocycles. The highest BCUT2D eigenvalue weighted by atomic mass is 16.5. The third-order valence-corrected chi connectivity index (χ3v) is 5.35. The minimum atomic E-state index is -0.239. The van der Waals surface area contributed by atoms with Crippen LogP contribution in [0.3, 0.4) is 0 Å². The van der Waals surface area contributed by atoms with Crippen LogP contribution in [0.5, 0.6) is 17.2 Å². The van der Waals surface area contributed by atoms with Crippen molar-refractivity contribution in [3.8, 4) is 23.2 Å². The van der Waals surface area contributed by atoms with E-state index in [-0.39, 0.29) is 18.2 Å². The maximum atomic E-state index is 12.7. The lowest BCUT2D eigenvalue weighted by Crippen LogP contribution is -2.25. The van der Waals surface area contributed by atoms with Crippen molar-refractivity contribution < 1.29 is 19.0 Å². The van der Waals surface area contributed by atoms with Gasteiger partial charge in [-0.1, -0.05) is 0 Å². The lowest BCUT2D eigenvalue weighted by Gasteiger charge is -2.25. The van der Waals surface area contributed by atoms with Gasteiger partial charge in [-0.2, -0.15) is 9.78 Å². The summed E-state index contributed by atoms with van der Waals surface area (Å²) >= 11 is 0. The maximum Gasteiger partial charge on any atom is 0.252 e. The highest BCUT2D eigenvalue weighted by molar-refractivity contribution is 5.95. The molecule has 1 unspecified atom stereocenters. The van der Waals surface area contributed by atoms with Crippen molar-refractivity contribution in [2.45, 2.75) is 33.1 Å². The molecule has 1 amide bonds. The van der Waals surface area contributed by atoms with Crippen molar-refractivity contribution in [1.29, 1.82) is 0 Å². The molecule has 1 aliphatic heterocycles. The summed E-state index contributed by atoms with van der Waals surface area (Å²) in [6.07, 6.45) is 0.270. The number of anilines is 1. The van der Waals surface area contributed by atoms with Gasteiger partial charge in [-0.05, 0) is 44.5 Å². The predicted octanol–water partition coefficient (Wildman–Crippen LogP) is 3.09. The molecule has 9 nitrogen and oxygen atoms in total. The van der Waals surface area contributed by atoms with Gasteiger partial charge in [-0.15, -0.1) is 0 Å². The second-order valence-corrected chi connectivity index (χ2v) is 7.47. The van der Waals surface area contributed by atoms with Gasteiger partial charge < -0.3 is 19.5 Å². The Balaban J connectivity index is 1.90. The van der Waals surface area contributed by atoms with Crippen molar-refractivity contribution in [1.82, 2.24) is 19.7 Å². The Morgan fingerprint density at radius 3 is 2.13 bits per heavy atom. The molecule has 0 radical (unpaired) electrons. The number of hydrogen-bond acceptors (Lipinski definition) is 7. The Labute approximate surface area is 180 Å². The quantitative estimate of drug-likeness (QED) is 0.673. The topological polar surface area (TPSA) is 100 Å². The Hall–Kier alpha value is -3.62. The average Bonchev–Trinajstić information content (AvgIpc) is 3.07. The Morgan fingerprint density at radius 2 is 1.58 bits per heavy atom. The summed E-state index contributed by atoms with van der Waals surface area (Å²) in [5, 5.41) is 7.62. The fraction of sp³-hybridized carbons (Fsp3) is 0.364. The van der Waals surface area contributed by atoms with Crippen LogP contribution in [0.4, 0.5) is 5.82 Å². The molecule has 4 rings (SSSR count). The fourth-order valence-corrected chi connectivity index (χ4v) is 4.08. The van der Waals surface area contributed by atoms with E-state index in [2.05, 4.69) is 20.4 Å². The van der Waals surface area contributed by atoms with Crippen LogP contribution in [-0.2, 0) is 4.79 Å². The van der Waals surface area contributed by atoms with Gasteiger partial charge in [-0.25, -0.2) is 9.97 Å². The zero-order valence-corrected chi connectivity index (χ0v) is 18.4. The van der Waals surface area contributed by atoms with Gasteiger partial charge in [0.2, 0.25) is 11.7 Å². The van der Waals surface area contributed by atoms with E-state index in [9.17, 15) is 4.79 Å². The van der Waals surface area contributed by atoms with Crippen LogP contribution in [0.25, 0.3) is 5.95 Å². The summed E-state index contributed by atoms with van der Waals surface area (Å²) in [6.45, 7) is 5.72. The Bertz CT molecular complexity index is 1130. The van der Waals surface area contributed by atoms with E-state index >= 15 is 0 Å². The van der Waals surface area contributed by atoms with E-state index in [1.165, 1.54) is 0 Å². The molecule has 0 saturated heterocycles. The minimum Gasteiger partial charge on any atom is -0.493 e. The molecule has 3 aromatic rings. The fourth-order valence-electron chi connectivity index (χ4n) is 4.08. The van der Waals surface area contributed by atoms with Crippen molar-refractivity contribution in [3.63, 3.8) is 0 Å². The van der Waals surface area contributed by atoms with Gasteiger partial charge in [0, 0.05) is 29.3 Å². The van der Waals surface area contributed by atoms with Crippen LogP contribution in [0.2, 0.25) is 0 Å². The van der Waals surface area contributed by atoms with Crippen LogP contribution in [0.1, 0.15) is 40.5 Å². The van der Waals surface area contributed by atoms with E-state index in [0.717, 1.165) is 28.2 Å². The largest absolute Gasteiger partial charge is 0.493 e. The van der Waals surface area contributed by atoms with E-state index in [1.54, 1.807) is 26.0 Å². The molecular weight excluding hydrogens is 398 g/mol. The number of carbonyl (C=O) groups excluding carboxylic acids is 1. The number of nitrogens with one attached hydrogen (secondary N) is 1. The molecular formula is C22H25N5O4. The first-order valence-electron chi connectivity index (χ1n) is 9.88. The molecule has 0 spiro atoms. The Morgan fingerprint density at radius 1 is 0.968 bits per heavy atom. The van der Waals surface area contributed by atoms with E-state index in [4.69, 9.17) is 14.2 Å². The number of amides is 1. The molecule has 0 bridgehead atoms. The smallest absolute Gasteiger partial charge is 0.252 e. The summed E-state index contributed by atoms with van der Waals surface area (Å²) < 4.78 is 18.1. The van der Waals surface area contributed by atoms with Gasteiger partial charge in [-0.3, -0.25) is 4.79 Å². The zero-order valence-electron chi connectivity index (χ0n) is 18.4. The number of aryl methyl sites for hydroxylation is 3. The molecule has 31 heavy (non-hydrogen) atoms. The third-order valence-electron chi connectivity index (χ3n) is 5.35. The number of ether oxygens (including phenoxy) is 3. The number of nitrogens with zero attached hydrogens (tertiary/aromatic N) is 4. The summed E-state index contributed by atoms with van der Waals surface area (Å²) in [7, 11) is 4.70. The molecule has 9 heteroatoms. The van der Waals surface area contributed by atoms with E-state index < -0.39 is 0 Å². The number of aromatic nitrogens is 4. The second kappa shape index (κ2) is 7.90. The second-order valence-electron chi connectivity index (χ2n) is 7.47. The summed E-state index contributed by atoms with van der Waals surface area (Å²) in [6, 6.07) is 5.64. The molecule has 0 aliphatic carbocycles. The number of benzene rings is 1. The summed E-state index contributed by atoms with van der Waals surface area (Å²) in [5.41, 5.74) is 4.23. The third kappa shape index (κ3) is 3.56. The normalized spacial score (nSPS) is 15.3. The van der Waals surface area contributed by atoms with Crippen molar-refractivity contribution in [2.75, 3.05) is 26.6 Å². The molecule has 162 valence electrons. The van der Waals surface area contributed by atoms with E-state index in [1.807, 2.05) is 39.0 Å². The average molecular weight is 423 g/mol. The van der Waals surface area contributed by atoms with Gasteiger partial charge >= 0.3 is 0 Å². The predicted molar refractivity (Wildman–Crippen MR) is 115 cm³/mol. The zero-order chi connectivity index (χ0) is 22.3. The van der Waals surface area contributed by atoms with Crippen molar-refractivity contribution in [3.05, 3.63) is 46.4 Å². The molecule has 0 saturated carbocycles. The molecule has 1 aromatic carbocycles. The highest BCUT2D eigenvalue weighted by Gasteiger charge is 2.34. The number of carbonyl (C=O) groups is 1. The molecule has 0 fully saturated rings. The lowest BCUT2D eigenvalue weighted by atomic mass is 9.85. The van der Waals surface area contributed by atoms with Crippen LogP contribution in [0, 0.1) is 20.8 Å². The maximum absolute atomic E-state index is 12.7. The highest BCUT2D eigenvalue weighted by Crippen LogP contribution is 2.45. The Kier molecular flexibility index (Phi) is 5.26. The lowest BCUT2D eigenvalue weighted by molar-refractivity contribution is -0.116. The number of hydrogen-bond donors (Lipinski definition) is 1. The number of methoxy groups -OCH3 is 3. The van der Waals surface area contributed by atoms with Crippen LogP contribution < -0.4 is 19.5 Å². The van der Waals surface area contributed by atoms with Gasteiger partial charge in [0.15, 0.2) is 11.5 Å². The van der Waals surface area contributed by atoms with Crippen LogP contribution >= 0.6 is 0 Å². The number of fused-ring (bicyclic) bond motifs is 1. The van der Waals surface area contributed by atoms with Crippen LogP contribution in [0.15, 0.2) is 18.2 Å². The first-order valence-corrected chi connectivity index (χ1v) is 9.88. The minimum absolute atomic E-state index is 0.114. The van der Waals surface area contributed by atoms with Gasteiger partial charge in [0.05, 0.1) is 27.0 Å².